The molecule has 2 N–H and O–H groups in total. The van der Waals surface area contributed by atoms with Crippen molar-refractivity contribution in [2.45, 2.75) is 32.2 Å². The Kier molecular flexibility index (Phi) is 6.05. The predicted octanol–water partition coefficient (Wildman–Crippen LogP) is 0.705. The van der Waals surface area contributed by atoms with Gasteiger partial charge >= 0.3 is 7.60 Å². The zero-order chi connectivity index (χ0) is 12.1. The van der Waals surface area contributed by atoms with Gasteiger partial charge in [0.05, 0.1) is 6.10 Å². The number of aliphatic hydroxyl groups excluding tert-OH is 1. The van der Waals surface area contributed by atoms with Crippen molar-refractivity contribution in [3.8, 4) is 0 Å². The summed E-state index contributed by atoms with van der Waals surface area (Å²) in [4.78, 5) is 10.9. The molecule has 0 aromatic carbocycles. The molecule has 0 spiro atoms. The molecule has 0 saturated heterocycles. The Balaban J connectivity index is 4.90. The molecule has 0 saturated carbocycles. The van der Waals surface area contributed by atoms with Crippen LogP contribution in [0.3, 0.4) is 0 Å². The van der Waals surface area contributed by atoms with Crippen molar-refractivity contribution >= 4 is 13.5 Å². The van der Waals surface area contributed by atoms with Crippen LogP contribution in [-0.2, 0) is 18.4 Å². The third-order valence-corrected chi connectivity index (χ3v) is 4.16. The minimum Gasteiger partial charge on any atom is -0.390 e. The summed E-state index contributed by atoms with van der Waals surface area (Å²) in [6, 6.07) is 0. The van der Waals surface area contributed by atoms with E-state index in [2.05, 4.69) is 5.32 Å². The Morgan fingerprint density at radius 2 is 1.93 bits per heavy atom. The van der Waals surface area contributed by atoms with Crippen LogP contribution in [-0.4, -0.2) is 37.1 Å². The summed E-state index contributed by atoms with van der Waals surface area (Å²) in [6.07, 6.45) is -0.638. The van der Waals surface area contributed by atoms with Crippen molar-refractivity contribution < 1.29 is 23.5 Å². The topological polar surface area (TPSA) is 84.9 Å². The first-order valence-electron chi connectivity index (χ1n) is 4.57. The average Bonchev–Trinajstić information content (AvgIpc) is 2.23. The second kappa shape index (κ2) is 6.23. The number of nitrogens with one attached hydrogen (secondary N) is 1. The Labute approximate surface area is 89.5 Å². The molecule has 0 bridgehead atoms. The van der Waals surface area contributed by atoms with Crippen LogP contribution < -0.4 is 5.32 Å². The predicted molar refractivity (Wildman–Crippen MR) is 55.5 cm³/mol. The van der Waals surface area contributed by atoms with Crippen molar-refractivity contribution in [1.82, 2.24) is 5.32 Å². The number of hydrogen-bond acceptors (Lipinski definition) is 5. The van der Waals surface area contributed by atoms with Crippen LogP contribution >= 0.6 is 7.60 Å². The lowest BCUT2D eigenvalue weighted by molar-refractivity contribution is -0.120. The molecular weight excluding hydrogens is 221 g/mol. The summed E-state index contributed by atoms with van der Waals surface area (Å²) in [5.41, 5.74) is 0. The normalized spacial score (nSPS) is 15.8. The van der Waals surface area contributed by atoms with Gasteiger partial charge in [0.25, 0.3) is 0 Å². The van der Waals surface area contributed by atoms with Crippen LogP contribution in [0.1, 0.15) is 20.3 Å². The lowest BCUT2D eigenvalue weighted by Gasteiger charge is -2.27. The second-order valence-electron chi connectivity index (χ2n) is 3.03. The van der Waals surface area contributed by atoms with Gasteiger partial charge in [-0.3, -0.25) is 9.36 Å². The first-order valence-corrected chi connectivity index (χ1v) is 6.18. The van der Waals surface area contributed by atoms with Crippen LogP contribution in [0.2, 0.25) is 0 Å². The van der Waals surface area contributed by atoms with Crippen molar-refractivity contribution in [1.29, 1.82) is 0 Å². The van der Waals surface area contributed by atoms with Gasteiger partial charge in [0.2, 0.25) is 5.91 Å². The Bertz CT molecular complexity index is 249. The maximum absolute atomic E-state index is 12.0. The minimum absolute atomic E-state index is 0.335. The van der Waals surface area contributed by atoms with Crippen LogP contribution in [0.4, 0.5) is 0 Å². The quantitative estimate of drug-likeness (QED) is 0.666. The highest BCUT2D eigenvalue weighted by Gasteiger charge is 2.39. The highest BCUT2D eigenvalue weighted by molar-refractivity contribution is 7.54. The van der Waals surface area contributed by atoms with Crippen LogP contribution in [0, 0.1) is 0 Å². The van der Waals surface area contributed by atoms with E-state index in [0.29, 0.717) is 6.42 Å². The minimum atomic E-state index is -3.50. The van der Waals surface area contributed by atoms with Crippen LogP contribution in [0.15, 0.2) is 0 Å². The number of carbonyl (C=O) groups excluding carboxylic acids is 1. The van der Waals surface area contributed by atoms with E-state index in [1.807, 2.05) is 0 Å². The Hall–Kier alpha value is -0.420. The van der Waals surface area contributed by atoms with Gasteiger partial charge in [-0.1, -0.05) is 6.92 Å². The molecule has 0 heterocycles. The van der Waals surface area contributed by atoms with E-state index >= 15 is 0 Å². The molecular formula is C8H18NO5P. The van der Waals surface area contributed by atoms with Crippen LogP contribution in [0.5, 0.6) is 0 Å². The fourth-order valence-corrected chi connectivity index (χ4v) is 2.69. The summed E-state index contributed by atoms with van der Waals surface area (Å²) in [6.45, 7) is 2.97. The maximum Gasteiger partial charge on any atom is 0.354 e. The zero-order valence-corrected chi connectivity index (χ0v) is 10.3. The third kappa shape index (κ3) is 3.91. The molecule has 2 atom stereocenters. The van der Waals surface area contributed by atoms with E-state index in [1.165, 1.54) is 21.1 Å². The van der Waals surface area contributed by atoms with Crippen molar-refractivity contribution in [3.05, 3.63) is 0 Å². The Morgan fingerprint density at radius 3 is 2.20 bits per heavy atom. The van der Waals surface area contributed by atoms with Crippen molar-refractivity contribution in [3.63, 3.8) is 0 Å². The molecule has 15 heavy (non-hydrogen) atoms. The van der Waals surface area contributed by atoms with Crippen molar-refractivity contribution in [2.75, 3.05) is 14.2 Å². The van der Waals surface area contributed by atoms with E-state index < -0.39 is 25.4 Å². The standard InChI is InChI=1S/C8H18NO5P/c1-5-7(11)8(9-6(2)10)15(12,13-3)14-4/h7-8,11H,5H2,1-4H3,(H,9,10)/t7-,8+/m0/s1. The molecule has 7 heteroatoms. The summed E-state index contributed by atoms with van der Waals surface area (Å²) in [5.74, 6) is -1.43. The number of carbonyl (C=O) groups is 1. The monoisotopic (exact) mass is 239 g/mol. The molecule has 0 aliphatic carbocycles. The van der Waals surface area contributed by atoms with Gasteiger partial charge < -0.3 is 19.5 Å². The van der Waals surface area contributed by atoms with Gasteiger partial charge in [-0.15, -0.1) is 0 Å². The smallest absolute Gasteiger partial charge is 0.354 e. The summed E-state index contributed by atoms with van der Waals surface area (Å²) in [7, 11) is -1.08. The number of aliphatic hydroxyl groups is 1. The van der Waals surface area contributed by atoms with E-state index in [0.717, 1.165) is 0 Å². The SMILES string of the molecule is CC[C@H](O)[C@H](NC(C)=O)P(=O)(OC)OC. The molecule has 0 aromatic rings. The first-order chi connectivity index (χ1) is 6.91. The van der Waals surface area contributed by atoms with Crippen LogP contribution in [0.25, 0.3) is 0 Å². The molecule has 0 radical (unpaired) electrons. The highest BCUT2D eigenvalue weighted by atomic mass is 31.2. The summed E-state index contributed by atoms with van der Waals surface area (Å²) >= 11 is 0. The number of hydrogen-bond donors (Lipinski definition) is 2. The fourth-order valence-electron chi connectivity index (χ4n) is 1.12. The lowest BCUT2D eigenvalue weighted by atomic mass is 10.3. The summed E-state index contributed by atoms with van der Waals surface area (Å²) < 4.78 is 21.4. The van der Waals surface area contributed by atoms with Gasteiger partial charge in [-0.05, 0) is 6.42 Å². The molecule has 0 unspecified atom stereocenters. The molecule has 90 valence electrons. The molecule has 0 aromatic heterocycles. The average molecular weight is 239 g/mol. The van der Waals surface area contributed by atoms with E-state index in [1.54, 1.807) is 6.92 Å². The highest BCUT2D eigenvalue weighted by Crippen LogP contribution is 2.51. The molecule has 0 aliphatic rings. The number of amides is 1. The lowest BCUT2D eigenvalue weighted by Crippen LogP contribution is -2.42. The van der Waals surface area contributed by atoms with Crippen molar-refractivity contribution in [2.24, 2.45) is 0 Å². The van der Waals surface area contributed by atoms with Gasteiger partial charge in [-0.25, -0.2) is 0 Å². The molecule has 0 rings (SSSR count). The second-order valence-corrected chi connectivity index (χ2v) is 5.39. The molecule has 0 fully saturated rings. The third-order valence-electron chi connectivity index (χ3n) is 1.98. The van der Waals surface area contributed by atoms with E-state index in [9.17, 15) is 14.5 Å². The zero-order valence-electron chi connectivity index (χ0n) is 9.39. The molecule has 1 amide bonds. The van der Waals surface area contributed by atoms with E-state index in [4.69, 9.17) is 9.05 Å². The summed E-state index contributed by atoms with van der Waals surface area (Å²) in [5, 5.41) is 12.0. The van der Waals surface area contributed by atoms with Gasteiger partial charge in [0.1, 0.15) is 0 Å². The fraction of sp³-hybridized carbons (Fsp3) is 0.875. The maximum atomic E-state index is 12.0. The van der Waals surface area contributed by atoms with E-state index in [-0.39, 0.29) is 0 Å². The first kappa shape index (κ1) is 14.6. The van der Waals surface area contributed by atoms with Gasteiger partial charge in [0.15, 0.2) is 5.78 Å². The molecule has 6 nitrogen and oxygen atoms in total. The van der Waals surface area contributed by atoms with Gasteiger partial charge in [0, 0.05) is 21.1 Å². The largest absolute Gasteiger partial charge is 0.390 e. The Morgan fingerprint density at radius 1 is 1.47 bits per heavy atom. The number of rotatable bonds is 6. The van der Waals surface area contributed by atoms with Gasteiger partial charge in [-0.2, -0.15) is 0 Å². The molecule has 0 aliphatic heterocycles.